The number of aryl methyl sites for hydroxylation is 2. The molecular formula is C23H26O4. The summed E-state index contributed by atoms with van der Waals surface area (Å²) >= 11 is 0. The number of aromatic carboxylic acids is 1. The van der Waals surface area contributed by atoms with Crippen LogP contribution in [0.15, 0.2) is 36.4 Å². The third kappa shape index (κ3) is 4.76. The fraction of sp³-hybridized carbons (Fsp3) is 0.391. The lowest BCUT2D eigenvalue weighted by atomic mass is 10.00. The van der Waals surface area contributed by atoms with Crippen molar-refractivity contribution in [3.8, 4) is 5.75 Å². The van der Waals surface area contributed by atoms with Gasteiger partial charge in [-0.2, -0.15) is 0 Å². The highest BCUT2D eigenvalue weighted by atomic mass is 16.5. The number of Topliss-reactive ketones (excluding diaryl/α,β-unsaturated/α-hetero) is 1. The second kappa shape index (κ2) is 8.85. The van der Waals surface area contributed by atoms with E-state index in [1.54, 1.807) is 18.2 Å². The second-order valence-electron chi connectivity index (χ2n) is 7.15. The van der Waals surface area contributed by atoms with E-state index in [2.05, 4.69) is 13.0 Å². The standard InChI is InChI=1S/C23H26O4/c1-2-3-4-5-8-18-13-17-10-11-21(24)20(17)14-22(18)27-15-16-7-6-9-19(12-16)23(25)26/h6-7,9,12-14H,2-5,8,10-11,15H2,1H3,(H,25,26). The van der Waals surface area contributed by atoms with Crippen molar-refractivity contribution in [2.75, 3.05) is 0 Å². The molecule has 1 aliphatic rings. The van der Waals surface area contributed by atoms with E-state index in [1.807, 2.05) is 12.1 Å². The van der Waals surface area contributed by atoms with Crippen LogP contribution in [0, 0.1) is 0 Å². The van der Waals surface area contributed by atoms with Crippen molar-refractivity contribution in [3.63, 3.8) is 0 Å². The lowest BCUT2D eigenvalue weighted by molar-refractivity contribution is 0.0696. The predicted octanol–water partition coefficient (Wildman–Crippen LogP) is 5.22. The number of carboxylic acids is 1. The maximum Gasteiger partial charge on any atom is 0.335 e. The average molecular weight is 366 g/mol. The molecule has 0 heterocycles. The Labute approximate surface area is 160 Å². The maximum absolute atomic E-state index is 12.1. The van der Waals surface area contributed by atoms with Crippen molar-refractivity contribution in [3.05, 3.63) is 64.2 Å². The zero-order valence-corrected chi connectivity index (χ0v) is 15.8. The zero-order valence-electron chi connectivity index (χ0n) is 15.8. The van der Waals surface area contributed by atoms with Gasteiger partial charge < -0.3 is 9.84 Å². The number of rotatable bonds is 9. The Morgan fingerprint density at radius 2 is 1.96 bits per heavy atom. The molecule has 0 unspecified atom stereocenters. The van der Waals surface area contributed by atoms with Crippen molar-refractivity contribution >= 4 is 11.8 Å². The fourth-order valence-electron chi connectivity index (χ4n) is 3.55. The normalized spacial score (nSPS) is 12.9. The number of ether oxygens (including phenoxy) is 1. The van der Waals surface area contributed by atoms with Crippen LogP contribution in [0.1, 0.15) is 76.4 Å². The highest BCUT2D eigenvalue weighted by molar-refractivity contribution is 6.00. The Morgan fingerprint density at radius 1 is 1.11 bits per heavy atom. The molecule has 0 atom stereocenters. The van der Waals surface area contributed by atoms with E-state index in [-0.39, 0.29) is 18.0 Å². The summed E-state index contributed by atoms with van der Waals surface area (Å²) in [6.07, 6.45) is 7.04. The van der Waals surface area contributed by atoms with Gasteiger partial charge in [0.15, 0.2) is 5.78 Å². The molecule has 1 N–H and O–H groups in total. The average Bonchev–Trinajstić information content (AvgIpc) is 3.03. The van der Waals surface area contributed by atoms with Crippen molar-refractivity contribution in [1.29, 1.82) is 0 Å². The number of hydrogen-bond donors (Lipinski definition) is 1. The van der Waals surface area contributed by atoms with E-state index in [9.17, 15) is 9.59 Å². The predicted molar refractivity (Wildman–Crippen MR) is 105 cm³/mol. The molecule has 0 aromatic heterocycles. The van der Waals surface area contributed by atoms with E-state index >= 15 is 0 Å². The molecule has 27 heavy (non-hydrogen) atoms. The number of hydrogen-bond acceptors (Lipinski definition) is 3. The van der Waals surface area contributed by atoms with Crippen LogP contribution in [-0.4, -0.2) is 16.9 Å². The number of carboxylic acid groups (broad SMARTS) is 1. The lowest BCUT2D eigenvalue weighted by Gasteiger charge is -2.14. The molecule has 0 bridgehead atoms. The molecule has 4 heteroatoms. The van der Waals surface area contributed by atoms with Gasteiger partial charge in [0.25, 0.3) is 0 Å². The Hall–Kier alpha value is -2.62. The van der Waals surface area contributed by atoms with Crippen LogP contribution in [0.4, 0.5) is 0 Å². The van der Waals surface area contributed by atoms with Crippen molar-refractivity contribution in [1.82, 2.24) is 0 Å². The van der Waals surface area contributed by atoms with Crippen molar-refractivity contribution in [2.24, 2.45) is 0 Å². The first-order valence-corrected chi connectivity index (χ1v) is 9.72. The summed E-state index contributed by atoms with van der Waals surface area (Å²) in [7, 11) is 0. The molecule has 2 aromatic carbocycles. The van der Waals surface area contributed by atoms with Crippen LogP contribution in [0.3, 0.4) is 0 Å². The Balaban J connectivity index is 1.78. The maximum atomic E-state index is 12.1. The number of unbranched alkanes of at least 4 members (excludes halogenated alkanes) is 3. The van der Waals surface area contributed by atoms with E-state index < -0.39 is 5.97 Å². The minimum Gasteiger partial charge on any atom is -0.489 e. The van der Waals surface area contributed by atoms with Gasteiger partial charge in [-0.25, -0.2) is 4.79 Å². The van der Waals surface area contributed by atoms with Crippen LogP contribution in [0.5, 0.6) is 5.75 Å². The molecule has 3 rings (SSSR count). The highest BCUT2D eigenvalue weighted by Gasteiger charge is 2.22. The van der Waals surface area contributed by atoms with Crippen LogP contribution < -0.4 is 4.74 Å². The summed E-state index contributed by atoms with van der Waals surface area (Å²) in [6, 6.07) is 10.8. The quantitative estimate of drug-likeness (QED) is 0.618. The molecule has 142 valence electrons. The van der Waals surface area contributed by atoms with Gasteiger partial charge in [-0.1, -0.05) is 44.4 Å². The summed E-state index contributed by atoms with van der Waals surface area (Å²) in [4.78, 5) is 23.2. The lowest BCUT2D eigenvalue weighted by Crippen LogP contribution is -2.03. The third-order valence-corrected chi connectivity index (χ3v) is 5.08. The van der Waals surface area contributed by atoms with Crippen molar-refractivity contribution in [2.45, 2.75) is 58.5 Å². The van der Waals surface area contributed by atoms with Gasteiger partial charge in [0.1, 0.15) is 12.4 Å². The summed E-state index contributed by atoms with van der Waals surface area (Å²) in [5, 5.41) is 9.14. The van der Waals surface area contributed by atoms with E-state index in [0.29, 0.717) is 6.42 Å². The van der Waals surface area contributed by atoms with Crippen molar-refractivity contribution < 1.29 is 19.4 Å². The van der Waals surface area contributed by atoms with Gasteiger partial charge in [0, 0.05) is 12.0 Å². The highest BCUT2D eigenvalue weighted by Crippen LogP contribution is 2.31. The third-order valence-electron chi connectivity index (χ3n) is 5.08. The first-order chi connectivity index (χ1) is 13.1. The van der Waals surface area contributed by atoms with E-state index in [1.165, 1.54) is 19.3 Å². The fourth-order valence-corrected chi connectivity index (χ4v) is 3.55. The molecular weight excluding hydrogens is 340 g/mol. The molecule has 0 spiro atoms. The Bertz CT molecular complexity index is 838. The SMILES string of the molecule is CCCCCCc1cc2c(cc1OCc1cccc(C(=O)O)c1)C(=O)CC2. The molecule has 0 saturated carbocycles. The summed E-state index contributed by atoms with van der Waals surface area (Å²) in [5.74, 6) is -0.0157. The number of benzene rings is 2. The largest absolute Gasteiger partial charge is 0.489 e. The summed E-state index contributed by atoms with van der Waals surface area (Å²) in [6.45, 7) is 2.48. The van der Waals surface area contributed by atoms with Gasteiger partial charge in [-0.15, -0.1) is 0 Å². The van der Waals surface area contributed by atoms with Gasteiger partial charge in [-0.05, 0) is 54.2 Å². The van der Waals surface area contributed by atoms with Crippen LogP contribution in [0.2, 0.25) is 0 Å². The number of carbonyl (C=O) groups excluding carboxylic acids is 1. The Kier molecular flexibility index (Phi) is 6.28. The van der Waals surface area contributed by atoms with Crippen LogP contribution >= 0.6 is 0 Å². The topological polar surface area (TPSA) is 63.6 Å². The van der Waals surface area contributed by atoms with Crippen LogP contribution in [-0.2, 0) is 19.4 Å². The molecule has 0 fully saturated rings. The monoisotopic (exact) mass is 366 g/mol. The molecule has 0 radical (unpaired) electrons. The summed E-state index contributed by atoms with van der Waals surface area (Å²) < 4.78 is 6.04. The van der Waals surface area contributed by atoms with Gasteiger partial charge in [0.2, 0.25) is 0 Å². The smallest absolute Gasteiger partial charge is 0.335 e. The molecule has 2 aromatic rings. The molecule has 4 nitrogen and oxygen atoms in total. The minimum atomic E-state index is -0.948. The molecule has 0 saturated heterocycles. The number of carbonyl (C=O) groups is 2. The molecule has 0 aliphatic heterocycles. The summed E-state index contributed by atoms with van der Waals surface area (Å²) in [5.41, 5.74) is 4.11. The Morgan fingerprint density at radius 3 is 2.74 bits per heavy atom. The molecule has 1 aliphatic carbocycles. The van der Waals surface area contributed by atoms with E-state index in [4.69, 9.17) is 9.84 Å². The first kappa shape index (κ1) is 19.2. The second-order valence-corrected chi connectivity index (χ2v) is 7.15. The van der Waals surface area contributed by atoms with Gasteiger partial charge in [0.05, 0.1) is 5.56 Å². The van der Waals surface area contributed by atoms with Gasteiger partial charge >= 0.3 is 5.97 Å². The minimum absolute atomic E-state index is 0.181. The molecule has 0 amide bonds. The first-order valence-electron chi connectivity index (χ1n) is 9.72. The van der Waals surface area contributed by atoms with E-state index in [0.717, 1.165) is 47.3 Å². The van der Waals surface area contributed by atoms with Gasteiger partial charge in [-0.3, -0.25) is 4.79 Å². The van der Waals surface area contributed by atoms with Crippen LogP contribution in [0.25, 0.3) is 0 Å². The number of fused-ring (bicyclic) bond motifs is 1. The zero-order chi connectivity index (χ0) is 19.2. The number of ketones is 1.